The lowest BCUT2D eigenvalue weighted by Gasteiger charge is -2.06. The first-order chi connectivity index (χ1) is 8.34. The Kier molecular flexibility index (Phi) is 4.25. The zero-order valence-electron chi connectivity index (χ0n) is 9.20. The summed E-state index contributed by atoms with van der Waals surface area (Å²) in [6.45, 7) is 0. The number of hydrogen-bond donors (Lipinski definition) is 1. The van der Waals surface area contributed by atoms with Crippen LogP contribution in [-0.2, 0) is 15.8 Å². The fourth-order valence-corrected chi connectivity index (χ4v) is 1.29. The Labute approximate surface area is 101 Å². The summed E-state index contributed by atoms with van der Waals surface area (Å²) >= 11 is 0. The minimum Gasteiger partial charge on any atom is -0.366 e. The molecule has 0 heterocycles. The number of halogens is 3. The number of rotatable bonds is 4. The summed E-state index contributed by atoms with van der Waals surface area (Å²) in [5, 5.41) is 0. The van der Waals surface area contributed by atoms with Gasteiger partial charge in [-0.3, -0.25) is 4.79 Å². The summed E-state index contributed by atoms with van der Waals surface area (Å²) < 4.78 is 36.9. The van der Waals surface area contributed by atoms with Crippen LogP contribution in [0.3, 0.4) is 0 Å². The molecule has 3 nitrogen and oxygen atoms in total. The molecule has 0 atom stereocenters. The van der Waals surface area contributed by atoms with Crippen molar-refractivity contribution in [2.45, 2.75) is 12.6 Å². The van der Waals surface area contributed by atoms with Gasteiger partial charge in [0.2, 0.25) is 5.91 Å². The maximum Gasteiger partial charge on any atom is 0.416 e. The van der Waals surface area contributed by atoms with Crippen molar-refractivity contribution in [3.8, 4) is 0 Å². The van der Waals surface area contributed by atoms with Gasteiger partial charge < -0.3 is 10.5 Å². The number of benzene rings is 1. The number of alkyl halides is 3. The van der Waals surface area contributed by atoms with Crippen LogP contribution in [0.15, 0.2) is 29.8 Å². The molecule has 18 heavy (non-hydrogen) atoms. The molecular formula is C12H10F3NO2. The van der Waals surface area contributed by atoms with Crippen LogP contribution >= 0.6 is 0 Å². The van der Waals surface area contributed by atoms with E-state index >= 15 is 0 Å². The highest BCUT2D eigenvalue weighted by Gasteiger charge is 2.29. The first-order valence-corrected chi connectivity index (χ1v) is 4.96. The second-order valence-electron chi connectivity index (χ2n) is 3.52. The van der Waals surface area contributed by atoms with Crippen molar-refractivity contribution in [3.63, 3.8) is 0 Å². The standard InChI is InChI=1S/C12H10F3NO2/c13-12(14,15)10-3-1-8(2-4-10)7-9(5-6-17)11(16)18/h1-4,6-7H,5H2,(H2,16,18). The molecule has 1 amide bonds. The van der Waals surface area contributed by atoms with Gasteiger partial charge in [-0.25, -0.2) is 0 Å². The van der Waals surface area contributed by atoms with Crippen LogP contribution in [0.25, 0.3) is 6.08 Å². The van der Waals surface area contributed by atoms with Crippen LogP contribution in [0.4, 0.5) is 13.2 Å². The molecule has 2 N–H and O–H groups in total. The van der Waals surface area contributed by atoms with E-state index in [4.69, 9.17) is 5.73 Å². The minimum atomic E-state index is -4.41. The van der Waals surface area contributed by atoms with E-state index in [9.17, 15) is 22.8 Å². The summed E-state index contributed by atoms with van der Waals surface area (Å²) in [5.41, 5.74) is 4.66. The Morgan fingerprint density at radius 1 is 1.22 bits per heavy atom. The molecule has 1 rings (SSSR count). The molecule has 0 radical (unpaired) electrons. The maximum atomic E-state index is 12.3. The molecular weight excluding hydrogens is 247 g/mol. The third-order valence-electron chi connectivity index (χ3n) is 2.20. The average Bonchev–Trinajstić information content (AvgIpc) is 2.28. The number of hydrogen-bond acceptors (Lipinski definition) is 2. The number of carbonyl (C=O) groups is 2. The van der Waals surface area contributed by atoms with Gasteiger partial charge in [0.25, 0.3) is 0 Å². The lowest BCUT2D eigenvalue weighted by Crippen LogP contribution is -2.14. The summed E-state index contributed by atoms with van der Waals surface area (Å²) in [5.74, 6) is -0.776. The lowest BCUT2D eigenvalue weighted by atomic mass is 10.1. The number of amides is 1. The van der Waals surface area contributed by atoms with Gasteiger partial charge in [-0.1, -0.05) is 12.1 Å². The molecule has 0 saturated carbocycles. The van der Waals surface area contributed by atoms with Gasteiger partial charge in [0.15, 0.2) is 0 Å². The zero-order chi connectivity index (χ0) is 13.8. The van der Waals surface area contributed by atoms with Crippen molar-refractivity contribution in [2.24, 2.45) is 5.73 Å². The molecule has 0 aliphatic rings. The Morgan fingerprint density at radius 2 is 1.78 bits per heavy atom. The van der Waals surface area contributed by atoms with E-state index < -0.39 is 17.6 Å². The second-order valence-corrected chi connectivity index (χ2v) is 3.52. The minimum absolute atomic E-state index is 0.0461. The van der Waals surface area contributed by atoms with Gasteiger partial charge in [-0.05, 0) is 23.8 Å². The van der Waals surface area contributed by atoms with Gasteiger partial charge in [-0.2, -0.15) is 13.2 Å². The van der Waals surface area contributed by atoms with Crippen LogP contribution in [-0.4, -0.2) is 12.2 Å². The molecule has 6 heteroatoms. The van der Waals surface area contributed by atoms with E-state index in [2.05, 4.69) is 0 Å². The number of carbonyl (C=O) groups excluding carboxylic acids is 2. The van der Waals surface area contributed by atoms with Gasteiger partial charge in [0, 0.05) is 12.0 Å². The first kappa shape index (κ1) is 14.0. The molecule has 0 fully saturated rings. The molecule has 96 valence electrons. The Bertz CT molecular complexity index is 475. The Morgan fingerprint density at radius 3 is 2.17 bits per heavy atom. The number of primary amides is 1. The van der Waals surface area contributed by atoms with E-state index in [0.717, 1.165) is 12.1 Å². The fraction of sp³-hybridized carbons (Fsp3) is 0.167. The summed E-state index contributed by atoms with van der Waals surface area (Å²) in [4.78, 5) is 21.2. The van der Waals surface area contributed by atoms with Crippen molar-refractivity contribution in [1.29, 1.82) is 0 Å². The topological polar surface area (TPSA) is 60.2 Å². The highest BCUT2D eigenvalue weighted by Crippen LogP contribution is 2.29. The average molecular weight is 257 g/mol. The summed E-state index contributed by atoms with van der Waals surface area (Å²) in [6.07, 6.45) is -2.79. The Balaban J connectivity index is 3.01. The van der Waals surface area contributed by atoms with Crippen molar-refractivity contribution in [1.82, 2.24) is 0 Å². The van der Waals surface area contributed by atoms with Crippen molar-refractivity contribution >= 4 is 18.3 Å². The second kappa shape index (κ2) is 5.48. The smallest absolute Gasteiger partial charge is 0.366 e. The molecule has 0 unspecified atom stereocenters. The normalized spacial score (nSPS) is 12.3. The zero-order valence-corrected chi connectivity index (χ0v) is 9.20. The highest BCUT2D eigenvalue weighted by molar-refractivity contribution is 5.99. The van der Waals surface area contributed by atoms with Crippen molar-refractivity contribution < 1.29 is 22.8 Å². The molecule has 0 aliphatic carbocycles. The van der Waals surface area contributed by atoms with Crippen LogP contribution in [0, 0.1) is 0 Å². The third-order valence-corrected chi connectivity index (χ3v) is 2.20. The molecule has 1 aromatic rings. The predicted molar refractivity (Wildman–Crippen MR) is 59.3 cm³/mol. The van der Waals surface area contributed by atoms with E-state index in [-0.39, 0.29) is 12.0 Å². The summed E-state index contributed by atoms with van der Waals surface area (Å²) in [6, 6.07) is 4.20. The Hall–Kier alpha value is -2.11. The van der Waals surface area contributed by atoms with Crippen LogP contribution in [0.1, 0.15) is 17.5 Å². The monoisotopic (exact) mass is 257 g/mol. The van der Waals surface area contributed by atoms with Crippen molar-refractivity contribution in [2.75, 3.05) is 0 Å². The van der Waals surface area contributed by atoms with Gasteiger partial charge >= 0.3 is 6.18 Å². The van der Waals surface area contributed by atoms with Crippen molar-refractivity contribution in [3.05, 3.63) is 41.0 Å². The van der Waals surface area contributed by atoms with E-state index in [0.29, 0.717) is 11.8 Å². The van der Waals surface area contributed by atoms with Crippen LogP contribution in [0.5, 0.6) is 0 Å². The number of nitrogens with two attached hydrogens (primary N) is 1. The van der Waals surface area contributed by atoms with Crippen LogP contribution < -0.4 is 5.73 Å². The van der Waals surface area contributed by atoms with Gasteiger partial charge in [0.05, 0.1) is 5.56 Å². The van der Waals surface area contributed by atoms with E-state index in [1.807, 2.05) is 0 Å². The lowest BCUT2D eigenvalue weighted by molar-refractivity contribution is -0.137. The molecule has 0 aliphatic heterocycles. The predicted octanol–water partition coefficient (Wildman–Crippen LogP) is 2.16. The molecule has 1 aromatic carbocycles. The van der Waals surface area contributed by atoms with E-state index in [1.54, 1.807) is 0 Å². The number of aldehydes is 1. The maximum absolute atomic E-state index is 12.3. The highest BCUT2D eigenvalue weighted by atomic mass is 19.4. The SMILES string of the molecule is NC(=O)C(=Cc1ccc(C(F)(F)F)cc1)CC=O. The first-order valence-electron chi connectivity index (χ1n) is 4.96. The molecule has 0 saturated heterocycles. The van der Waals surface area contributed by atoms with E-state index in [1.165, 1.54) is 18.2 Å². The van der Waals surface area contributed by atoms with Gasteiger partial charge in [0.1, 0.15) is 6.29 Å². The molecule has 0 bridgehead atoms. The van der Waals surface area contributed by atoms with Gasteiger partial charge in [-0.15, -0.1) is 0 Å². The van der Waals surface area contributed by atoms with Crippen LogP contribution in [0.2, 0.25) is 0 Å². The summed E-state index contributed by atoms with van der Waals surface area (Å²) in [7, 11) is 0. The largest absolute Gasteiger partial charge is 0.416 e. The fourth-order valence-electron chi connectivity index (χ4n) is 1.29. The quantitative estimate of drug-likeness (QED) is 0.663. The molecule has 0 spiro atoms. The molecule has 0 aromatic heterocycles. The third kappa shape index (κ3) is 3.73.